The van der Waals surface area contributed by atoms with Crippen LogP contribution in [0.15, 0.2) is 36.4 Å². The molecule has 0 radical (unpaired) electrons. The molecule has 0 aliphatic rings. The highest BCUT2D eigenvalue weighted by molar-refractivity contribution is 7.92. The lowest BCUT2D eigenvalue weighted by molar-refractivity contribution is -0.139. The van der Waals surface area contributed by atoms with Gasteiger partial charge in [-0.05, 0) is 62.1 Å². The molecule has 0 aromatic heterocycles. The summed E-state index contributed by atoms with van der Waals surface area (Å²) in [6.45, 7) is 7.31. The maximum Gasteiger partial charge on any atom is 0.244 e. The van der Waals surface area contributed by atoms with Crippen molar-refractivity contribution in [2.75, 3.05) is 23.7 Å². The first-order valence-corrected chi connectivity index (χ1v) is 14.0. The topological polar surface area (TPSA) is 86.8 Å². The first kappa shape index (κ1) is 28.9. The van der Waals surface area contributed by atoms with Crippen molar-refractivity contribution in [3.05, 3.63) is 63.1 Å². The number of amides is 2. The third kappa shape index (κ3) is 8.12. The Morgan fingerprint density at radius 2 is 1.77 bits per heavy atom. The zero-order valence-electron chi connectivity index (χ0n) is 20.8. The number of carbonyl (C=O) groups is 2. The summed E-state index contributed by atoms with van der Waals surface area (Å²) in [5.74, 6) is -0.852. The number of unbranched alkanes of at least 4 members (excludes halogenated alkanes) is 1. The van der Waals surface area contributed by atoms with Gasteiger partial charge in [0.2, 0.25) is 21.8 Å². The number of nitrogens with one attached hydrogen (secondary N) is 1. The van der Waals surface area contributed by atoms with Crippen molar-refractivity contribution in [2.45, 2.75) is 53.1 Å². The molecule has 0 saturated carbocycles. The number of nitrogens with zero attached hydrogens (tertiary/aromatic N) is 2. The molecule has 2 rings (SSSR count). The second-order valence-corrected chi connectivity index (χ2v) is 11.4. The molecular formula is C25H33Cl2N3O4S. The Bertz CT molecular complexity index is 1170. The van der Waals surface area contributed by atoms with Crippen molar-refractivity contribution in [3.63, 3.8) is 0 Å². The van der Waals surface area contributed by atoms with E-state index in [4.69, 9.17) is 23.2 Å². The zero-order chi connectivity index (χ0) is 26.3. The molecule has 0 heterocycles. The van der Waals surface area contributed by atoms with Crippen molar-refractivity contribution < 1.29 is 18.0 Å². The lowest BCUT2D eigenvalue weighted by atomic mass is 10.1. The number of hydrogen-bond acceptors (Lipinski definition) is 4. The summed E-state index contributed by atoms with van der Waals surface area (Å²) < 4.78 is 26.5. The van der Waals surface area contributed by atoms with E-state index in [0.29, 0.717) is 33.4 Å². The van der Waals surface area contributed by atoms with Gasteiger partial charge in [0.05, 0.1) is 11.9 Å². The van der Waals surface area contributed by atoms with Gasteiger partial charge in [-0.15, -0.1) is 0 Å². The van der Waals surface area contributed by atoms with Gasteiger partial charge < -0.3 is 10.2 Å². The first-order valence-electron chi connectivity index (χ1n) is 11.4. The second kappa shape index (κ2) is 12.6. The normalized spacial score (nSPS) is 12.2. The fraction of sp³-hybridized carbons (Fsp3) is 0.440. The molecular weight excluding hydrogens is 509 g/mol. The number of halogens is 2. The first-order chi connectivity index (χ1) is 16.3. The molecule has 0 fully saturated rings. The summed E-state index contributed by atoms with van der Waals surface area (Å²) in [6, 6.07) is 9.45. The molecule has 0 bridgehead atoms. The minimum absolute atomic E-state index is 0.0155. The van der Waals surface area contributed by atoms with E-state index in [9.17, 15) is 18.0 Å². The van der Waals surface area contributed by atoms with Crippen LogP contribution < -0.4 is 9.62 Å². The lowest BCUT2D eigenvalue weighted by Crippen LogP contribution is -2.51. The summed E-state index contributed by atoms with van der Waals surface area (Å²) in [4.78, 5) is 27.8. The van der Waals surface area contributed by atoms with Gasteiger partial charge in [0.15, 0.2) is 0 Å². The third-order valence-electron chi connectivity index (χ3n) is 5.67. The minimum Gasteiger partial charge on any atom is -0.354 e. The van der Waals surface area contributed by atoms with Crippen LogP contribution in [0.25, 0.3) is 0 Å². The highest BCUT2D eigenvalue weighted by Crippen LogP contribution is 2.26. The molecule has 2 aromatic carbocycles. The molecule has 1 unspecified atom stereocenters. The Balaban J connectivity index is 2.43. The molecule has 0 aliphatic carbocycles. The van der Waals surface area contributed by atoms with Crippen molar-refractivity contribution >= 4 is 50.7 Å². The van der Waals surface area contributed by atoms with E-state index in [1.807, 2.05) is 26.0 Å². The van der Waals surface area contributed by atoms with Gasteiger partial charge in [-0.3, -0.25) is 13.9 Å². The predicted octanol–water partition coefficient (Wildman–Crippen LogP) is 4.71. The largest absolute Gasteiger partial charge is 0.354 e. The van der Waals surface area contributed by atoms with E-state index < -0.39 is 28.5 Å². The molecule has 1 N–H and O–H groups in total. The Morgan fingerprint density at radius 3 is 2.37 bits per heavy atom. The van der Waals surface area contributed by atoms with Gasteiger partial charge >= 0.3 is 0 Å². The second-order valence-electron chi connectivity index (χ2n) is 8.64. The van der Waals surface area contributed by atoms with Gasteiger partial charge in [0.1, 0.15) is 12.6 Å². The van der Waals surface area contributed by atoms with Crippen LogP contribution in [0.2, 0.25) is 10.0 Å². The van der Waals surface area contributed by atoms with E-state index in [1.54, 1.807) is 38.1 Å². The number of benzene rings is 2. The molecule has 10 heteroatoms. The van der Waals surface area contributed by atoms with Crippen LogP contribution in [0.4, 0.5) is 5.69 Å². The molecule has 0 spiro atoms. The number of carbonyl (C=O) groups excluding carboxylic acids is 2. The highest BCUT2D eigenvalue weighted by Gasteiger charge is 2.31. The van der Waals surface area contributed by atoms with Crippen LogP contribution in [0.1, 0.15) is 43.4 Å². The van der Waals surface area contributed by atoms with Crippen LogP contribution in [-0.2, 0) is 26.2 Å². The maximum absolute atomic E-state index is 13.6. The van der Waals surface area contributed by atoms with Crippen LogP contribution in [0.5, 0.6) is 0 Å². The summed E-state index contributed by atoms with van der Waals surface area (Å²) in [6.07, 6.45) is 2.78. The van der Waals surface area contributed by atoms with Gasteiger partial charge in [0, 0.05) is 23.1 Å². The standard InChI is InChI=1S/C25H33Cl2N3O4S/c1-6-7-12-28-25(32)19(4)29(15-20-10-11-21(26)14-22(20)27)24(31)16-30(35(5,33)34)23-13-17(2)8-9-18(23)3/h8-11,13-14,19H,6-7,12,15-16H2,1-5H3,(H,28,32). The fourth-order valence-corrected chi connectivity index (χ4v) is 4.90. The zero-order valence-corrected chi connectivity index (χ0v) is 23.1. The summed E-state index contributed by atoms with van der Waals surface area (Å²) >= 11 is 12.4. The SMILES string of the molecule is CCCCNC(=O)C(C)N(Cc1ccc(Cl)cc1Cl)C(=O)CN(c1cc(C)ccc1C)S(C)(=O)=O. The van der Waals surface area contributed by atoms with E-state index in [1.165, 1.54) is 4.90 Å². The molecule has 35 heavy (non-hydrogen) atoms. The van der Waals surface area contributed by atoms with Crippen molar-refractivity contribution in [1.82, 2.24) is 10.2 Å². The van der Waals surface area contributed by atoms with Crippen molar-refractivity contribution in [2.24, 2.45) is 0 Å². The van der Waals surface area contributed by atoms with Gasteiger partial charge in [-0.2, -0.15) is 0 Å². The predicted molar refractivity (Wildman–Crippen MR) is 142 cm³/mol. The molecule has 2 amide bonds. The Kier molecular flexibility index (Phi) is 10.4. The van der Waals surface area contributed by atoms with Crippen LogP contribution in [0.3, 0.4) is 0 Å². The third-order valence-corrected chi connectivity index (χ3v) is 7.38. The van der Waals surface area contributed by atoms with Gasteiger partial charge in [0.25, 0.3) is 0 Å². The van der Waals surface area contributed by atoms with Crippen LogP contribution in [-0.4, -0.2) is 50.5 Å². The van der Waals surface area contributed by atoms with Gasteiger partial charge in [-0.25, -0.2) is 8.42 Å². The number of anilines is 1. The maximum atomic E-state index is 13.6. The minimum atomic E-state index is -3.79. The number of aryl methyl sites for hydroxylation is 2. The summed E-state index contributed by atoms with van der Waals surface area (Å²) in [5, 5.41) is 3.64. The average molecular weight is 543 g/mol. The summed E-state index contributed by atoms with van der Waals surface area (Å²) in [7, 11) is -3.79. The Hall–Kier alpha value is -2.29. The van der Waals surface area contributed by atoms with E-state index in [0.717, 1.165) is 29.0 Å². The monoisotopic (exact) mass is 541 g/mol. The van der Waals surface area contributed by atoms with Crippen molar-refractivity contribution in [1.29, 1.82) is 0 Å². The number of rotatable bonds is 11. The quantitative estimate of drug-likeness (QED) is 0.417. The van der Waals surface area contributed by atoms with Crippen LogP contribution >= 0.6 is 23.2 Å². The highest BCUT2D eigenvalue weighted by atomic mass is 35.5. The smallest absolute Gasteiger partial charge is 0.244 e. The fourth-order valence-electron chi connectivity index (χ4n) is 3.54. The lowest BCUT2D eigenvalue weighted by Gasteiger charge is -2.32. The van der Waals surface area contributed by atoms with Gasteiger partial charge in [-0.1, -0.05) is 54.7 Å². The molecule has 192 valence electrons. The van der Waals surface area contributed by atoms with Crippen LogP contribution in [0, 0.1) is 13.8 Å². The van der Waals surface area contributed by atoms with E-state index in [-0.39, 0.29) is 12.5 Å². The average Bonchev–Trinajstić information content (AvgIpc) is 2.77. The Morgan fingerprint density at radius 1 is 1.09 bits per heavy atom. The van der Waals surface area contributed by atoms with Crippen molar-refractivity contribution in [3.8, 4) is 0 Å². The Labute approximate surface area is 218 Å². The van der Waals surface area contributed by atoms with E-state index in [2.05, 4.69) is 5.32 Å². The van der Waals surface area contributed by atoms with E-state index >= 15 is 0 Å². The number of sulfonamides is 1. The molecule has 0 saturated heterocycles. The summed E-state index contributed by atoms with van der Waals surface area (Å²) in [5.41, 5.74) is 2.59. The molecule has 7 nitrogen and oxygen atoms in total. The molecule has 1 atom stereocenters. The number of hydrogen-bond donors (Lipinski definition) is 1. The molecule has 2 aromatic rings. The molecule has 0 aliphatic heterocycles.